The predicted molar refractivity (Wildman–Crippen MR) is 235 cm³/mol. The molecule has 1 aliphatic rings. The minimum Gasteiger partial charge on any atom is -0.309 e. The van der Waals surface area contributed by atoms with Gasteiger partial charge in [0.05, 0.1) is 11.4 Å². The Morgan fingerprint density at radius 2 is 0.655 bits per heavy atom. The summed E-state index contributed by atoms with van der Waals surface area (Å²) >= 11 is 0. The number of benzene rings is 9. The number of anilines is 3. The normalized spacial score (nSPS) is 11.9. The summed E-state index contributed by atoms with van der Waals surface area (Å²) in [5.41, 5.74) is 17.7. The second-order valence-corrected chi connectivity index (χ2v) is 14.2. The zero-order valence-corrected chi connectivity index (χ0v) is 30.3. The van der Waals surface area contributed by atoms with Crippen LogP contribution in [0.3, 0.4) is 0 Å². The minimum absolute atomic E-state index is 1.12. The van der Waals surface area contributed by atoms with Crippen LogP contribution in [0.15, 0.2) is 212 Å². The molecule has 1 heteroatoms. The third kappa shape index (κ3) is 6.22. The van der Waals surface area contributed by atoms with Crippen LogP contribution in [0.4, 0.5) is 17.1 Å². The molecule has 258 valence electrons. The lowest BCUT2D eigenvalue weighted by Crippen LogP contribution is -2.12. The number of nitrogens with zero attached hydrogens (tertiary/aromatic N) is 1. The van der Waals surface area contributed by atoms with Gasteiger partial charge >= 0.3 is 0 Å². The van der Waals surface area contributed by atoms with E-state index in [4.69, 9.17) is 0 Å². The van der Waals surface area contributed by atoms with Gasteiger partial charge in [0.25, 0.3) is 0 Å². The first kappa shape index (κ1) is 32.4. The van der Waals surface area contributed by atoms with Gasteiger partial charge in [0, 0.05) is 5.69 Å². The van der Waals surface area contributed by atoms with E-state index >= 15 is 0 Å². The third-order valence-corrected chi connectivity index (χ3v) is 10.8. The van der Waals surface area contributed by atoms with Gasteiger partial charge in [0.15, 0.2) is 0 Å². The zero-order valence-electron chi connectivity index (χ0n) is 30.3. The fourth-order valence-corrected chi connectivity index (χ4v) is 7.99. The predicted octanol–water partition coefficient (Wildman–Crippen LogP) is 15.1. The van der Waals surface area contributed by atoms with Crippen molar-refractivity contribution in [1.82, 2.24) is 0 Å². The molecule has 0 atom stereocenters. The van der Waals surface area contributed by atoms with E-state index in [1.54, 1.807) is 0 Å². The monoisotopic (exact) mass is 699 g/mol. The average Bonchev–Trinajstić information content (AvgIpc) is 3.43. The highest BCUT2D eigenvalue weighted by molar-refractivity contribution is 6.00. The maximum absolute atomic E-state index is 2.44. The zero-order chi connectivity index (χ0) is 36.6. The highest BCUT2D eigenvalue weighted by Gasteiger charge is 2.23. The van der Waals surface area contributed by atoms with Crippen LogP contribution in [-0.4, -0.2) is 0 Å². The van der Waals surface area contributed by atoms with Crippen molar-refractivity contribution < 1.29 is 0 Å². The summed E-state index contributed by atoms with van der Waals surface area (Å²) in [5.74, 6) is 0. The van der Waals surface area contributed by atoms with Gasteiger partial charge in [-0.05, 0) is 132 Å². The van der Waals surface area contributed by atoms with E-state index in [1.807, 2.05) is 0 Å². The lowest BCUT2D eigenvalue weighted by Gasteiger charge is -2.28. The molecule has 0 amide bonds. The second-order valence-electron chi connectivity index (χ2n) is 14.2. The summed E-state index contributed by atoms with van der Waals surface area (Å²) in [6, 6.07) is 77.1. The van der Waals surface area contributed by atoms with Crippen molar-refractivity contribution in [3.05, 3.63) is 223 Å². The fourth-order valence-electron chi connectivity index (χ4n) is 7.99. The third-order valence-electron chi connectivity index (χ3n) is 10.8. The Labute approximate surface area is 322 Å². The van der Waals surface area contributed by atoms with Crippen LogP contribution in [0, 0.1) is 0 Å². The second kappa shape index (κ2) is 14.0. The van der Waals surface area contributed by atoms with Gasteiger partial charge < -0.3 is 4.90 Å². The molecule has 0 unspecified atom stereocenters. The molecular formula is C54H37N. The van der Waals surface area contributed by atoms with Gasteiger partial charge in [-0.1, -0.05) is 170 Å². The summed E-state index contributed by atoms with van der Waals surface area (Å²) in [4.78, 5) is 2.44. The van der Waals surface area contributed by atoms with Gasteiger partial charge in [-0.3, -0.25) is 0 Å². The molecule has 1 nitrogen and oxygen atoms in total. The number of hydrogen-bond donors (Lipinski definition) is 0. The largest absolute Gasteiger partial charge is 0.309 e. The Morgan fingerprint density at radius 3 is 1.18 bits per heavy atom. The Hall–Kier alpha value is -7.22. The molecule has 0 spiro atoms. The average molecular weight is 700 g/mol. The van der Waals surface area contributed by atoms with Crippen LogP contribution in [0.5, 0.6) is 0 Å². The number of fused-ring (bicyclic) bond motifs is 3. The van der Waals surface area contributed by atoms with E-state index in [9.17, 15) is 0 Å². The summed E-state index contributed by atoms with van der Waals surface area (Å²) in [7, 11) is 0. The molecule has 0 radical (unpaired) electrons. The standard InChI is InChI=1S/C54H37N/c1-5-15-38(16-6-1)47-31-48(39-17-7-2-8-18-39)33-49(32-47)45-29-27-41-25-26-42-28-30-46(37-54(42)55(53(41)36-45)50-23-11-4-12-24-50)52-35-44-22-14-13-21-43(44)34-51(52)40-19-9-3-10-20-40/h1-37H. The molecule has 0 aromatic heterocycles. The summed E-state index contributed by atoms with van der Waals surface area (Å²) in [6.45, 7) is 0. The van der Waals surface area contributed by atoms with Crippen LogP contribution in [0.2, 0.25) is 0 Å². The van der Waals surface area contributed by atoms with E-state index in [1.165, 1.54) is 77.5 Å². The van der Waals surface area contributed by atoms with Gasteiger partial charge in [-0.15, -0.1) is 0 Å². The lowest BCUT2D eigenvalue weighted by molar-refractivity contribution is 1.28. The Balaban J connectivity index is 1.16. The number of para-hydroxylation sites is 1. The molecule has 0 N–H and O–H groups in total. The van der Waals surface area contributed by atoms with Gasteiger partial charge in [-0.2, -0.15) is 0 Å². The minimum atomic E-state index is 1.12. The van der Waals surface area contributed by atoms with Crippen molar-refractivity contribution in [2.75, 3.05) is 4.90 Å². The molecule has 10 rings (SSSR count). The molecule has 0 fully saturated rings. The highest BCUT2D eigenvalue weighted by atomic mass is 15.1. The molecule has 0 aliphatic carbocycles. The van der Waals surface area contributed by atoms with Crippen molar-refractivity contribution in [1.29, 1.82) is 0 Å². The molecule has 0 saturated heterocycles. The van der Waals surface area contributed by atoms with Gasteiger partial charge in [-0.25, -0.2) is 0 Å². The fraction of sp³-hybridized carbons (Fsp3) is 0. The van der Waals surface area contributed by atoms with Gasteiger partial charge in [0.1, 0.15) is 0 Å². The summed E-state index contributed by atoms with van der Waals surface area (Å²) in [6.07, 6.45) is 4.53. The molecule has 9 aromatic rings. The van der Waals surface area contributed by atoms with Crippen molar-refractivity contribution in [3.8, 4) is 55.6 Å². The molecule has 0 saturated carbocycles. The van der Waals surface area contributed by atoms with Gasteiger partial charge in [0.2, 0.25) is 0 Å². The van der Waals surface area contributed by atoms with Crippen LogP contribution in [0.1, 0.15) is 11.1 Å². The van der Waals surface area contributed by atoms with E-state index in [0.717, 1.165) is 17.1 Å². The SMILES string of the molecule is C1=Cc2ccc(-c3cc4ccccc4cc3-c3ccccc3)cc2N(c2ccccc2)c2cc(-c3cc(-c4ccccc4)cc(-c4ccccc4)c3)ccc21. The Bertz CT molecular complexity index is 2780. The molecular weight excluding hydrogens is 663 g/mol. The van der Waals surface area contributed by atoms with E-state index in [0.29, 0.717) is 0 Å². The maximum Gasteiger partial charge on any atom is 0.0540 e. The van der Waals surface area contributed by atoms with E-state index in [2.05, 4.69) is 229 Å². The number of hydrogen-bond acceptors (Lipinski definition) is 1. The van der Waals surface area contributed by atoms with E-state index < -0.39 is 0 Å². The summed E-state index contributed by atoms with van der Waals surface area (Å²) in [5, 5.41) is 2.47. The van der Waals surface area contributed by atoms with Crippen LogP contribution < -0.4 is 4.90 Å². The smallest absolute Gasteiger partial charge is 0.0540 e. The maximum atomic E-state index is 2.44. The molecule has 1 heterocycles. The number of rotatable bonds is 6. The molecule has 9 aromatic carbocycles. The first-order chi connectivity index (χ1) is 27.2. The van der Waals surface area contributed by atoms with Crippen molar-refractivity contribution in [3.63, 3.8) is 0 Å². The molecule has 1 aliphatic heterocycles. The van der Waals surface area contributed by atoms with Crippen LogP contribution >= 0.6 is 0 Å². The van der Waals surface area contributed by atoms with E-state index in [-0.39, 0.29) is 0 Å². The Kier molecular flexibility index (Phi) is 8.24. The first-order valence-electron chi connectivity index (χ1n) is 18.9. The molecule has 55 heavy (non-hydrogen) atoms. The van der Waals surface area contributed by atoms with Crippen LogP contribution in [0.25, 0.3) is 78.6 Å². The quantitative estimate of drug-likeness (QED) is 0.167. The lowest BCUT2D eigenvalue weighted by atomic mass is 9.90. The molecule has 0 bridgehead atoms. The van der Waals surface area contributed by atoms with Crippen LogP contribution in [-0.2, 0) is 0 Å². The summed E-state index contributed by atoms with van der Waals surface area (Å²) < 4.78 is 0. The van der Waals surface area contributed by atoms with Crippen molar-refractivity contribution in [2.24, 2.45) is 0 Å². The first-order valence-corrected chi connectivity index (χ1v) is 18.9. The van der Waals surface area contributed by atoms with Crippen molar-refractivity contribution in [2.45, 2.75) is 0 Å². The van der Waals surface area contributed by atoms with Crippen molar-refractivity contribution >= 4 is 40.0 Å². The highest BCUT2D eigenvalue weighted by Crippen LogP contribution is 2.46. The Morgan fingerprint density at radius 1 is 0.255 bits per heavy atom. The topological polar surface area (TPSA) is 3.24 Å².